The van der Waals surface area contributed by atoms with Crippen molar-refractivity contribution in [1.29, 1.82) is 0 Å². The van der Waals surface area contributed by atoms with Crippen LogP contribution in [0.5, 0.6) is 0 Å². The Morgan fingerprint density at radius 2 is 2.40 bits per heavy atom. The third-order valence-electron chi connectivity index (χ3n) is 1.80. The van der Waals surface area contributed by atoms with Crippen LogP contribution in [0.3, 0.4) is 0 Å². The van der Waals surface area contributed by atoms with Gasteiger partial charge in [-0.25, -0.2) is 4.98 Å². The molecule has 2 aromatic rings. The number of ether oxygens (including phenoxy) is 1. The van der Waals surface area contributed by atoms with Gasteiger partial charge in [-0.2, -0.15) is 0 Å². The summed E-state index contributed by atoms with van der Waals surface area (Å²) in [5.74, 6) is 2.41. The number of aromatic nitrogens is 1. The number of fused-ring (bicyclic) bond motifs is 1. The molecule has 76 valence electrons. The minimum absolute atomic E-state index is 0.316. The zero-order valence-electron chi connectivity index (χ0n) is 7.87. The van der Waals surface area contributed by atoms with E-state index in [1.807, 2.05) is 18.2 Å². The molecule has 0 bridgehead atoms. The summed E-state index contributed by atoms with van der Waals surface area (Å²) in [5, 5.41) is 1.62. The van der Waals surface area contributed by atoms with Crippen LogP contribution >= 0.6 is 22.9 Å². The normalized spacial score (nSPS) is 10.4. The van der Waals surface area contributed by atoms with Crippen molar-refractivity contribution in [2.75, 3.05) is 6.61 Å². The predicted octanol–water partition coefficient (Wildman–Crippen LogP) is 3.10. The molecular weight excluding hydrogens is 230 g/mol. The van der Waals surface area contributed by atoms with Crippen LogP contribution in [-0.4, -0.2) is 11.6 Å². The fourth-order valence-electron chi connectivity index (χ4n) is 1.21. The molecule has 1 aromatic carbocycles. The Morgan fingerprint density at radius 3 is 3.20 bits per heavy atom. The van der Waals surface area contributed by atoms with Crippen molar-refractivity contribution in [1.82, 2.24) is 4.98 Å². The van der Waals surface area contributed by atoms with Crippen LogP contribution in [0.25, 0.3) is 10.2 Å². The Kier molecular flexibility index (Phi) is 3.22. The zero-order valence-corrected chi connectivity index (χ0v) is 9.44. The van der Waals surface area contributed by atoms with Crippen molar-refractivity contribution in [2.45, 2.75) is 6.61 Å². The van der Waals surface area contributed by atoms with Crippen LogP contribution in [0, 0.1) is 12.3 Å². The second-order valence-electron chi connectivity index (χ2n) is 2.92. The lowest BCUT2D eigenvalue weighted by Crippen LogP contribution is -1.91. The van der Waals surface area contributed by atoms with Crippen LogP contribution in [-0.2, 0) is 11.3 Å². The molecule has 0 aliphatic carbocycles. The maximum Gasteiger partial charge on any atom is 0.120 e. The number of terminal acetylenes is 1. The summed E-state index contributed by atoms with van der Waals surface area (Å²) in [6.45, 7) is 0.776. The van der Waals surface area contributed by atoms with Gasteiger partial charge in [0, 0.05) is 5.02 Å². The van der Waals surface area contributed by atoms with Crippen LogP contribution in [0.1, 0.15) is 5.01 Å². The van der Waals surface area contributed by atoms with Gasteiger partial charge >= 0.3 is 0 Å². The number of hydrogen-bond donors (Lipinski definition) is 0. The van der Waals surface area contributed by atoms with Gasteiger partial charge in [0.05, 0.1) is 16.8 Å². The van der Waals surface area contributed by atoms with E-state index in [4.69, 9.17) is 22.8 Å². The number of halogens is 1. The first-order valence-electron chi connectivity index (χ1n) is 4.36. The number of thiazole rings is 1. The van der Waals surface area contributed by atoms with Crippen LogP contribution in [0.2, 0.25) is 5.02 Å². The van der Waals surface area contributed by atoms with E-state index >= 15 is 0 Å². The molecule has 0 radical (unpaired) electrons. The van der Waals surface area contributed by atoms with Gasteiger partial charge in [0.2, 0.25) is 0 Å². The Hall–Kier alpha value is -1.08. The van der Waals surface area contributed by atoms with Gasteiger partial charge < -0.3 is 4.74 Å². The van der Waals surface area contributed by atoms with Crippen molar-refractivity contribution >= 4 is 33.2 Å². The van der Waals surface area contributed by atoms with E-state index in [1.54, 1.807) is 11.3 Å². The van der Waals surface area contributed by atoms with E-state index in [-0.39, 0.29) is 0 Å². The summed E-state index contributed by atoms with van der Waals surface area (Å²) in [6, 6.07) is 5.66. The smallest absolute Gasteiger partial charge is 0.120 e. The fourth-order valence-corrected chi connectivity index (χ4v) is 2.26. The molecule has 2 rings (SSSR count). The molecule has 1 heterocycles. The number of benzene rings is 1. The average Bonchev–Trinajstić information content (AvgIpc) is 2.60. The van der Waals surface area contributed by atoms with Crippen molar-refractivity contribution in [3.05, 3.63) is 28.2 Å². The number of hydrogen-bond acceptors (Lipinski definition) is 3. The topological polar surface area (TPSA) is 22.1 Å². The highest BCUT2D eigenvalue weighted by molar-refractivity contribution is 7.18. The van der Waals surface area contributed by atoms with Crippen molar-refractivity contribution < 1.29 is 4.74 Å². The first-order chi connectivity index (χ1) is 7.29. The number of rotatable bonds is 3. The third-order valence-corrected chi connectivity index (χ3v) is 3.05. The SMILES string of the molecule is C#CCOCc1nc2cc(Cl)ccc2s1. The second-order valence-corrected chi connectivity index (χ2v) is 4.47. The summed E-state index contributed by atoms with van der Waals surface area (Å²) in [4.78, 5) is 4.39. The minimum Gasteiger partial charge on any atom is -0.362 e. The maximum absolute atomic E-state index is 5.86. The van der Waals surface area contributed by atoms with Crippen molar-refractivity contribution in [3.8, 4) is 12.3 Å². The molecule has 0 N–H and O–H groups in total. The molecular formula is C11H8ClNOS. The largest absolute Gasteiger partial charge is 0.362 e. The molecule has 2 nitrogen and oxygen atoms in total. The van der Waals surface area contributed by atoms with Crippen LogP contribution in [0.4, 0.5) is 0 Å². The molecule has 4 heteroatoms. The van der Waals surface area contributed by atoms with Crippen LogP contribution < -0.4 is 0 Å². The highest BCUT2D eigenvalue weighted by Crippen LogP contribution is 2.25. The van der Waals surface area contributed by atoms with Crippen LogP contribution in [0.15, 0.2) is 18.2 Å². The third kappa shape index (κ3) is 2.48. The highest BCUT2D eigenvalue weighted by Gasteiger charge is 2.03. The molecule has 15 heavy (non-hydrogen) atoms. The van der Waals surface area contributed by atoms with Gasteiger partial charge in [-0.3, -0.25) is 0 Å². The Balaban J connectivity index is 2.20. The summed E-state index contributed by atoms with van der Waals surface area (Å²) < 4.78 is 6.32. The lowest BCUT2D eigenvalue weighted by molar-refractivity contribution is 0.153. The molecule has 0 atom stereocenters. The molecule has 0 saturated heterocycles. The minimum atomic E-state index is 0.316. The Bertz CT molecular complexity index is 515. The van der Waals surface area contributed by atoms with Crippen molar-refractivity contribution in [2.24, 2.45) is 0 Å². The van der Waals surface area contributed by atoms with Gasteiger partial charge in [-0.05, 0) is 18.2 Å². The molecule has 0 aliphatic rings. The average molecular weight is 238 g/mol. The Morgan fingerprint density at radius 1 is 1.53 bits per heavy atom. The molecule has 0 spiro atoms. The maximum atomic E-state index is 5.86. The lowest BCUT2D eigenvalue weighted by Gasteiger charge is -1.93. The van der Waals surface area contributed by atoms with Gasteiger partial charge in [-0.1, -0.05) is 17.5 Å². The monoisotopic (exact) mass is 237 g/mol. The summed E-state index contributed by atoms with van der Waals surface area (Å²) >= 11 is 7.45. The summed E-state index contributed by atoms with van der Waals surface area (Å²) in [5.41, 5.74) is 0.909. The molecule has 0 amide bonds. The fraction of sp³-hybridized carbons (Fsp3) is 0.182. The van der Waals surface area contributed by atoms with E-state index < -0.39 is 0 Å². The van der Waals surface area contributed by atoms with Gasteiger partial charge in [0.15, 0.2) is 0 Å². The van der Waals surface area contributed by atoms with E-state index in [1.165, 1.54) is 0 Å². The molecule has 0 saturated carbocycles. The van der Waals surface area contributed by atoms with E-state index in [9.17, 15) is 0 Å². The standard InChI is InChI=1S/C11H8ClNOS/c1-2-5-14-7-11-13-9-6-8(12)3-4-10(9)15-11/h1,3-4,6H,5,7H2. The lowest BCUT2D eigenvalue weighted by atomic mass is 10.3. The zero-order chi connectivity index (χ0) is 10.7. The van der Waals surface area contributed by atoms with Gasteiger partial charge in [0.25, 0.3) is 0 Å². The van der Waals surface area contributed by atoms with E-state index in [2.05, 4.69) is 10.9 Å². The van der Waals surface area contributed by atoms with E-state index in [0.29, 0.717) is 18.2 Å². The second kappa shape index (κ2) is 4.63. The molecule has 0 fully saturated rings. The van der Waals surface area contributed by atoms with Crippen molar-refractivity contribution in [3.63, 3.8) is 0 Å². The predicted molar refractivity (Wildman–Crippen MR) is 63.1 cm³/mol. The van der Waals surface area contributed by atoms with Gasteiger partial charge in [0.1, 0.15) is 11.6 Å². The Labute approximate surface area is 96.8 Å². The summed E-state index contributed by atoms with van der Waals surface area (Å²) in [6.07, 6.45) is 5.08. The summed E-state index contributed by atoms with van der Waals surface area (Å²) in [7, 11) is 0. The first-order valence-corrected chi connectivity index (χ1v) is 5.55. The van der Waals surface area contributed by atoms with Gasteiger partial charge in [-0.15, -0.1) is 17.8 Å². The molecule has 1 aromatic heterocycles. The quantitative estimate of drug-likeness (QED) is 0.605. The highest BCUT2D eigenvalue weighted by atomic mass is 35.5. The van der Waals surface area contributed by atoms with E-state index in [0.717, 1.165) is 15.2 Å². The molecule has 0 aliphatic heterocycles. The first kappa shape index (κ1) is 10.4. The number of nitrogens with zero attached hydrogens (tertiary/aromatic N) is 1. The molecule has 0 unspecified atom stereocenters.